The molecule has 4 nitrogen and oxygen atoms in total. The van der Waals surface area contributed by atoms with Crippen LogP contribution in [0.15, 0.2) is 42.5 Å². The Morgan fingerprint density at radius 2 is 1.94 bits per heavy atom. The summed E-state index contributed by atoms with van der Waals surface area (Å²) in [6, 6.07) is 12.5. The fourth-order valence-corrected chi connectivity index (χ4v) is 3.92. The number of piperidine rings is 1. The molecule has 1 amide bonds. The number of likely N-dealkylation sites (tertiary alicyclic amines) is 1. The van der Waals surface area contributed by atoms with E-state index >= 15 is 0 Å². The van der Waals surface area contributed by atoms with E-state index < -0.39 is 5.82 Å². The summed E-state index contributed by atoms with van der Waals surface area (Å²) in [5, 5.41) is 11.6. The number of hydrogen-bond acceptors (Lipinski definition) is 3. The zero-order chi connectivity index (χ0) is 22.1. The lowest BCUT2D eigenvalue weighted by Gasteiger charge is -2.32. The maximum atomic E-state index is 13.2. The van der Waals surface area contributed by atoms with Gasteiger partial charge in [0.25, 0.3) is 0 Å². The van der Waals surface area contributed by atoms with Gasteiger partial charge in [0, 0.05) is 30.6 Å². The normalized spacial score (nSPS) is 14.7. The lowest BCUT2D eigenvalue weighted by Crippen LogP contribution is -2.33. The maximum absolute atomic E-state index is 13.2. The molecular formula is C25H28ClFN2O2. The molecule has 2 N–H and O–H groups in total. The standard InChI is InChI=1S/C25H28ClFN2O2/c26-23-17-22(9-10-24(23)27)28-25(31)11-8-20-12-14-29(15-13-20)18-21-6-4-19(5-7-21)3-1-2-16-30/h4-7,9-10,17,20,30H,2,8,11-16,18H2,(H,28,31). The summed E-state index contributed by atoms with van der Waals surface area (Å²) in [6.07, 6.45) is 3.98. The topological polar surface area (TPSA) is 52.6 Å². The summed E-state index contributed by atoms with van der Waals surface area (Å²) in [4.78, 5) is 14.6. The molecular weight excluding hydrogens is 415 g/mol. The predicted molar refractivity (Wildman–Crippen MR) is 122 cm³/mol. The second-order valence-electron chi connectivity index (χ2n) is 7.91. The molecule has 0 unspecified atom stereocenters. The summed E-state index contributed by atoms with van der Waals surface area (Å²) in [6.45, 7) is 3.06. The van der Waals surface area contributed by atoms with Gasteiger partial charge in [-0.1, -0.05) is 35.6 Å². The van der Waals surface area contributed by atoms with Crippen molar-refractivity contribution in [3.63, 3.8) is 0 Å². The Bertz CT molecular complexity index is 929. The predicted octanol–water partition coefficient (Wildman–Crippen LogP) is 4.84. The van der Waals surface area contributed by atoms with Crippen LogP contribution in [0.1, 0.15) is 43.2 Å². The van der Waals surface area contributed by atoms with E-state index in [1.807, 2.05) is 12.1 Å². The highest BCUT2D eigenvalue weighted by molar-refractivity contribution is 6.31. The van der Waals surface area contributed by atoms with E-state index in [-0.39, 0.29) is 17.5 Å². The van der Waals surface area contributed by atoms with E-state index in [0.717, 1.165) is 44.5 Å². The van der Waals surface area contributed by atoms with Crippen LogP contribution in [0.3, 0.4) is 0 Å². The van der Waals surface area contributed by atoms with Crippen molar-refractivity contribution in [3.8, 4) is 11.8 Å². The van der Waals surface area contributed by atoms with Crippen molar-refractivity contribution < 1.29 is 14.3 Å². The van der Waals surface area contributed by atoms with E-state index in [1.54, 1.807) is 0 Å². The average molecular weight is 443 g/mol. The van der Waals surface area contributed by atoms with Gasteiger partial charge in [0.2, 0.25) is 5.91 Å². The number of aliphatic hydroxyl groups excluding tert-OH is 1. The van der Waals surface area contributed by atoms with Crippen molar-refractivity contribution >= 4 is 23.2 Å². The molecule has 1 aliphatic heterocycles. The monoisotopic (exact) mass is 442 g/mol. The lowest BCUT2D eigenvalue weighted by molar-refractivity contribution is -0.116. The summed E-state index contributed by atoms with van der Waals surface area (Å²) in [5.74, 6) is 5.97. The number of nitrogens with zero attached hydrogens (tertiary/aromatic N) is 1. The number of carbonyl (C=O) groups excluding carboxylic acids is 1. The number of carbonyl (C=O) groups is 1. The molecule has 1 heterocycles. The van der Waals surface area contributed by atoms with Crippen molar-refractivity contribution in [2.24, 2.45) is 5.92 Å². The molecule has 0 radical (unpaired) electrons. The minimum atomic E-state index is -0.492. The first-order valence-electron chi connectivity index (χ1n) is 10.7. The number of anilines is 1. The number of benzene rings is 2. The molecule has 31 heavy (non-hydrogen) atoms. The highest BCUT2D eigenvalue weighted by Crippen LogP contribution is 2.24. The largest absolute Gasteiger partial charge is 0.395 e. The molecule has 0 aromatic heterocycles. The smallest absolute Gasteiger partial charge is 0.224 e. The van der Waals surface area contributed by atoms with Crippen LogP contribution in [0.25, 0.3) is 0 Å². The van der Waals surface area contributed by atoms with Crippen LogP contribution in [0, 0.1) is 23.6 Å². The van der Waals surface area contributed by atoms with Crippen molar-refractivity contribution in [3.05, 3.63) is 64.4 Å². The SMILES string of the molecule is O=C(CCC1CCN(Cc2ccc(C#CCCO)cc2)CC1)Nc1ccc(F)c(Cl)c1. The van der Waals surface area contributed by atoms with Crippen LogP contribution >= 0.6 is 11.6 Å². The number of rotatable bonds is 7. The second-order valence-corrected chi connectivity index (χ2v) is 8.31. The Morgan fingerprint density at radius 1 is 1.19 bits per heavy atom. The molecule has 1 saturated heterocycles. The molecule has 164 valence electrons. The summed E-state index contributed by atoms with van der Waals surface area (Å²) < 4.78 is 13.2. The van der Waals surface area contributed by atoms with Gasteiger partial charge in [-0.15, -0.1) is 0 Å². The Hall–Kier alpha value is -2.39. The molecule has 0 aliphatic carbocycles. The van der Waals surface area contributed by atoms with Crippen LogP contribution in [0.5, 0.6) is 0 Å². The number of halogens is 2. The first-order valence-corrected chi connectivity index (χ1v) is 11.1. The molecule has 2 aromatic rings. The first kappa shape index (κ1) is 23.3. The fraction of sp³-hybridized carbons (Fsp3) is 0.400. The van der Waals surface area contributed by atoms with Gasteiger partial charge in [0.05, 0.1) is 11.6 Å². The minimum absolute atomic E-state index is 0.00874. The molecule has 0 saturated carbocycles. The fourth-order valence-electron chi connectivity index (χ4n) is 3.74. The van der Waals surface area contributed by atoms with Gasteiger partial charge < -0.3 is 10.4 Å². The summed E-state index contributed by atoms with van der Waals surface area (Å²) >= 11 is 5.76. The van der Waals surface area contributed by atoms with Crippen LogP contribution < -0.4 is 5.32 Å². The van der Waals surface area contributed by atoms with E-state index in [1.165, 1.54) is 23.8 Å². The molecule has 2 aromatic carbocycles. The number of nitrogens with one attached hydrogen (secondary N) is 1. The summed E-state index contributed by atoms with van der Waals surface area (Å²) in [7, 11) is 0. The number of aliphatic hydroxyl groups is 1. The zero-order valence-electron chi connectivity index (χ0n) is 17.5. The quantitative estimate of drug-likeness (QED) is 0.603. The molecule has 0 spiro atoms. The Balaban J connectivity index is 1.37. The van der Waals surface area contributed by atoms with E-state index in [9.17, 15) is 9.18 Å². The van der Waals surface area contributed by atoms with Crippen LogP contribution in [0.2, 0.25) is 5.02 Å². The van der Waals surface area contributed by atoms with Gasteiger partial charge in [-0.3, -0.25) is 9.69 Å². The zero-order valence-corrected chi connectivity index (χ0v) is 18.3. The first-order chi connectivity index (χ1) is 15.0. The highest BCUT2D eigenvalue weighted by Gasteiger charge is 2.20. The van der Waals surface area contributed by atoms with Crippen LogP contribution in [-0.2, 0) is 11.3 Å². The van der Waals surface area contributed by atoms with Crippen LogP contribution in [-0.4, -0.2) is 35.6 Å². The van der Waals surface area contributed by atoms with Gasteiger partial charge >= 0.3 is 0 Å². The maximum Gasteiger partial charge on any atom is 0.224 e. The molecule has 0 atom stereocenters. The van der Waals surface area contributed by atoms with Crippen molar-refractivity contribution in [2.45, 2.75) is 38.6 Å². The van der Waals surface area contributed by atoms with Crippen LogP contribution in [0.4, 0.5) is 10.1 Å². The Morgan fingerprint density at radius 3 is 2.61 bits per heavy atom. The molecule has 0 bridgehead atoms. The third-order valence-corrected chi connectivity index (χ3v) is 5.81. The van der Waals surface area contributed by atoms with Gasteiger partial charge in [-0.2, -0.15) is 0 Å². The summed E-state index contributed by atoms with van der Waals surface area (Å²) in [5.41, 5.74) is 2.76. The molecule has 1 aliphatic rings. The Labute approximate surface area is 188 Å². The van der Waals surface area contributed by atoms with Crippen molar-refractivity contribution in [2.75, 3.05) is 25.0 Å². The van der Waals surface area contributed by atoms with Gasteiger partial charge in [-0.25, -0.2) is 4.39 Å². The van der Waals surface area contributed by atoms with E-state index in [4.69, 9.17) is 16.7 Å². The molecule has 3 rings (SSSR count). The minimum Gasteiger partial charge on any atom is -0.395 e. The highest BCUT2D eigenvalue weighted by atomic mass is 35.5. The lowest BCUT2D eigenvalue weighted by atomic mass is 9.92. The van der Waals surface area contributed by atoms with Gasteiger partial charge in [0.15, 0.2) is 0 Å². The average Bonchev–Trinajstić information content (AvgIpc) is 2.77. The van der Waals surface area contributed by atoms with Crippen molar-refractivity contribution in [1.29, 1.82) is 0 Å². The number of hydrogen-bond donors (Lipinski definition) is 2. The molecule has 1 fully saturated rings. The second kappa shape index (κ2) is 11.9. The molecule has 6 heteroatoms. The third kappa shape index (κ3) is 7.66. The Kier molecular flexibility index (Phi) is 8.90. The number of amides is 1. The van der Waals surface area contributed by atoms with E-state index in [2.05, 4.69) is 34.2 Å². The van der Waals surface area contributed by atoms with Crippen molar-refractivity contribution in [1.82, 2.24) is 4.90 Å². The van der Waals surface area contributed by atoms with E-state index in [0.29, 0.717) is 24.4 Å². The van der Waals surface area contributed by atoms with Gasteiger partial charge in [0.1, 0.15) is 5.82 Å². The van der Waals surface area contributed by atoms with Gasteiger partial charge in [-0.05, 0) is 74.2 Å². The third-order valence-electron chi connectivity index (χ3n) is 5.52.